The summed E-state index contributed by atoms with van der Waals surface area (Å²) in [6.07, 6.45) is 5.18. The monoisotopic (exact) mass is 298 g/mol. The van der Waals surface area contributed by atoms with Gasteiger partial charge in [-0.25, -0.2) is 4.68 Å². The van der Waals surface area contributed by atoms with E-state index in [0.29, 0.717) is 5.56 Å². The largest absolute Gasteiger partial charge is 0.348 e. The van der Waals surface area contributed by atoms with Crippen LogP contribution in [0.5, 0.6) is 0 Å². The van der Waals surface area contributed by atoms with Gasteiger partial charge in [0, 0.05) is 30.7 Å². The van der Waals surface area contributed by atoms with Gasteiger partial charge in [-0.05, 0) is 47.9 Å². The Bertz CT molecular complexity index is 666. The summed E-state index contributed by atoms with van der Waals surface area (Å²) >= 11 is 0. The Hall–Kier alpha value is -2.28. The topological polar surface area (TPSA) is 75.9 Å². The zero-order chi connectivity index (χ0) is 14.9. The van der Waals surface area contributed by atoms with Gasteiger partial charge in [-0.3, -0.25) is 9.69 Å². The van der Waals surface area contributed by atoms with Crippen LogP contribution in [0, 0.1) is 0 Å². The van der Waals surface area contributed by atoms with Gasteiger partial charge in [0.05, 0.1) is 5.69 Å². The molecule has 1 aromatic heterocycles. The summed E-state index contributed by atoms with van der Waals surface area (Å²) in [5.41, 5.74) is 1.42. The van der Waals surface area contributed by atoms with Gasteiger partial charge in [0.25, 0.3) is 5.91 Å². The van der Waals surface area contributed by atoms with Crippen LogP contribution >= 0.6 is 0 Å². The molecular formula is C15H18N6O. The molecule has 2 fully saturated rings. The van der Waals surface area contributed by atoms with Crippen molar-refractivity contribution in [1.82, 2.24) is 30.4 Å². The van der Waals surface area contributed by atoms with Crippen molar-refractivity contribution in [2.75, 3.05) is 13.1 Å². The molecule has 4 rings (SSSR count). The molecule has 1 saturated heterocycles. The van der Waals surface area contributed by atoms with Crippen molar-refractivity contribution in [2.24, 2.45) is 0 Å². The first kappa shape index (κ1) is 13.4. The normalized spacial score (nSPS) is 21.9. The molecule has 0 unspecified atom stereocenters. The molecule has 1 aromatic carbocycles. The Morgan fingerprint density at radius 3 is 2.95 bits per heavy atom. The van der Waals surface area contributed by atoms with Gasteiger partial charge in [0.1, 0.15) is 6.33 Å². The molecule has 0 bridgehead atoms. The van der Waals surface area contributed by atoms with Gasteiger partial charge in [-0.2, -0.15) is 0 Å². The highest BCUT2D eigenvalue weighted by Crippen LogP contribution is 2.29. The molecule has 0 radical (unpaired) electrons. The Morgan fingerprint density at radius 2 is 2.18 bits per heavy atom. The van der Waals surface area contributed by atoms with E-state index in [1.54, 1.807) is 10.7 Å². The number of hydrogen-bond acceptors (Lipinski definition) is 5. The Morgan fingerprint density at radius 1 is 1.27 bits per heavy atom. The molecule has 0 spiro atoms. The van der Waals surface area contributed by atoms with Gasteiger partial charge >= 0.3 is 0 Å². The fraction of sp³-hybridized carbons (Fsp3) is 0.467. The second kappa shape index (κ2) is 5.49. The van der Waals surface area contributed by atoms with Gasteiger partial charge < -0.3 is 5.32 Å². The predicted molar refractivity (Wildman–Crippen MR) is 79.6 cm³/mol. The number of nitrogens with one attached hydrogen (secondary N) is 1. The Labute approximate surface area is 128 Å². The molecule has 2 aromatic rings. The van der Waals surface area contributed by atoms with E-state index < -0.39 is 0 Å². The molecule has 22 heavy (non-hydrogen) atoms. The lowest BCUT2D eigenvalue weighted by atomic mass is 10.1. The highest BCUT2D eigenvalue weighted by molar-refractivity contribution is 5.94. The molecule has 2 aliphatic rings. The quantitative estimate of drug-likeness (QED) is 0.896. The van der Waals surface area contributed by atoms with E-state index in [-0.39, 0.29) is 11.9 Å². The number of likely N-dealkylation sites (tertiary alicyclic amines) is 1. The van der Waals surface area contributed by atoms with E-state index in [9.17, 15) is 4.79 Å². The Balaban J connectivity index is 1.43. The maximum atomic E-state index is 12.4. The van der Waals surface area contributed by atoms with Crippen LogP contribution in [-0.4, -0.2) is 56.2 Å². The van der Waals surface area contributed by atoms with Gasteiger partial charge in [0.15, 0.2) is 0 Å². The van der Waals surface area contributed by atoms with Crippen LogP contribution in [0.15, 0.2) is 30.6 Å². The first-order valence-corrected chi connectivity index (χ1v) is 7.68. The third kappa shape index (κ3) is 2.71. The van der Waals surface area contributed by atoms with Crippen LogP contribution in [0.2, 0.25) is 0 Å². The zero-order valence-electron chi connectivity index (χ0n) is 12.2. The number of hydrogen-bond donors (Lipinski definition) is 1. The maximum Gasteiger partial charge on any atom is 0.251 e. The van der Waals surface area contributed by atoms with Crippen LogP contribution in [0.4, 0.5) is 0 Å². The molecule has 1 atom stereocenters. The van der Waals surface area contributed by atoms with Crippen LogP contribution in [-0.2, 0) is 0 Å². The highest BCUT2D eigenvalue weighted by atomic mass is 16.1. The second-order valence-electron chi connectivity index (χ2n) is 5.99. The third-order valence-electron chi connectivity index (χ3n) is 4.34. The number of tetrazole rings is 1. The third-order valence-corrected chi connectivity index (χ3v) is 4.34. The summed E-state index contributed by atoms with van der Waals surface area (Å²) in [6, 6.07) is 8.36. The standard InChI is InChI=1S/C15H18N6O/c22-15(17-12-6-7-20(9-12)13-4-5-13)11-2-1-3-14(8-11)21-10-16-18-19-21/h1-3,8,10,12-13H,4-7,9H2,(H,17,22)/t12-/m0/s1. The first-order chi connectivity index (χ1) is 10.8. The second-order valence-corrected chi connectivity index (χ2v) is 5.99. The average molecular weight is 298 g/mol. The molecule has 1 saturated carbocycles. The summed E-state index contributed by atoms with van der Waals surface area (Å²) in [5.74, 6) is -0.0300. The van der Waals surface area contributed by atoms with E-state index in [4.69, 9.17) is 0 Å². The van der Waals surface area contributed by atoms with E-state index >= 15 is 0 Å². The molecular weight excluding hydrogens is 280 g/mol. The van der Waals surface area contributed by atoms with E-state index in [0.717, 1.165) is 31.2 Å². The van der Waals surface area contributed by atoms with Crippen LogP contribution in [0.3, 0.4) is 0 Å². The summed E-state index contributed by atoms with van der Waals surface area (Å²) in [6.45, 7) is 2.07. The van der Waals surface area contributed by atoms with Crippen LogP contribution in [0.1, 0.15) is 29.6 Å². The minimum Gasteiger partial charge on any atom is -0.348 e. The fourth-order valence-corrected chi connectivity index (χ4v) is 3.01. The molecule has 1 amide bonds. The highest BCUT2D eigenvalue weighted by Gasteiger charge is 2.34. The lowest BCUT2D eigenvalue weighted by molar-refractivity contribution is 0.0937. The van der Waals surface area contributed by atoms with Gasteiger partial charge in [-0.1, -0.05) is 6.07 Å². The molecule has 7 heteroatoms. The predicted octanol–water partition coefficient (Wildman–Crippen LogP) is 0.629. The SMILES string of the molecule is O=C(N[C@H]1CCN(C2CC2)C1)c1cccc(-n2cnnn2)c1. The summed E-state index contributed by atoms with van der Waals surface area (Å²) < 4.78 is 1.54. The maximum absolute atomic E-state index is 12.4. The minimum absolute atomic E-state index is 0.0300. The van der Waals surface area contributed by atoms with Crippen molar-refractivity contribution in [3.05, 3.63) is 36.2 Å². The number of carbonyl (C=O) groups is 1. The number of carbonyl (C=O) groups excluding carboxylic acids is 1. The van der Waals surface area contributed by atoms with Gasteiger partial charge in [0.2, 0.25) is 0 Å². The average Bonchev–Trinajstić information content (AvgIpc) is 3.06. The smallest absolute Gasteiger partial charge is 0.251 e. The first-order valence-electron chi connectivity index (χ1n) is 7.68. The van der Waals surface area contributed by atoms with Crippen molar-refractivity contribution in [1.29, 1.82) is 0 Å². The molecule has 1 N–H and O–H groups in total. The fourth-order valence-electron chi connectivity index (χ4n) is 3.01. The number of benzene rings is 1. The Kier molecular flexibility index (Phi) is 3.34. The van der Waals surface area contributed by atoms with Crippen LogP contribution < -0.4 is 5.32 Å². The minimum atomic E-state index is -0.0300. The van der Waals surface area contributed by atoms with E-state index in [1.807, 2.05) is 18.2 Å². The number of aromatic nitrogens is 4. The van der Waals surface area contributed by atoms with E-state index in [1.165, 1.54) is 19.2 Å². The van der Waals surface area contributed by atoms with Crippen molar-refractivity contribution in [3.63, 3.8) is 0 Å². The number of nitrogens with zero attached hydrogens (tertiary/aromatic N) is 5. The lowest BCUT2D eigenvalue weighted by Crippen LogP contribution is -2.37. The number of amides is 1. The zero-order valence-corrected chi connectivity index (χ0v) is 12.2. The lowest BCUT2D eigenvalue weighted by Gasteiger charge is -2.16. The van der Waals surface area contributed by atoms with Crippen molar-refractivity contribution < 1.29 is 4.79 Å². The van der Waals surface area contributed by atoms with E-state index in [2.05, 4.69) is 25.7 Å². The van der Waals surface area contributed by atoms with Crippen LogP contribution in [0.25, 0.3) is 5.69 Å². The number of rotatable bonds is 4. The molecule has 2 heterocycles. The molecule has 1 aliphatic carbocycles. The summed E-state index contributed by atoms with van der Waals surface area (Å²) in [5, 5.41) is 14.2. The summed E-state index contributed by atoms with van der Waals surface area (Å²) in [7, 11) is 0. The van der Waals surface area contributed by atoms with Crippen molar-refractivity contribution >= 4 is 5.91 Å². The van der Waals surface area contributed by atoms with Gasteiger partial charge in [-0.15, -0.1) is 5.10 Å². The van der Waals surface area contributed by atoms with Crippen molar-refractivity contribution in [3.8, 4) is 5.69 Å². The summed E-state index contributed by atoms with van der Waals surface area (Å²) in [4.78, 5) is 14.9. The molecule has 7 nitrogen and oxygen atoms in total. The molecule has 114 valence electrons. The van der Waals surface area contributed by atoms with Crippen molar-refractivity contribution in [2.45, 2.75) is 31.3 Å². The molecule has 1 aliphatic heterocycles.